The van der Waals surface area contributed by atoms with Gasteiger partial charge in [0.1, 0.15) is 0 Å². The molecule has 0 radical (unpaired) electrons. The van der Waals surface area contributed by atoms with Gasteiger partial charge in [-0.25, -0.2) is 0 Å². The molecule has 1 rings (SSSR count). The average molecular weight is 226 g/mol. The first-order chi connectivity index (χ1) is 7.83. The van der Waals surface area contributed by atoms with Gasteiger partial charge in [-0.05, 0) is 45.2 Å². The Hall–Kier alpha value is -0.0800. The van der Waals surface area contributed by atoms with Crippen LogP contribution >= 0.6 is 0 Å². The van der Waals surface area contributed by atoms with Crippen LogP contribution in [0, 0.1) is 0 Å². The third-order valence-corrected chi connectivity index (χ3v) is 4.08. The number of rotatable bonds is 7. The molecule has 0 aliphatic heterocycles. The van der Waals surface area contributed by atoms with E-state index in [9.17, 15) is 0 Å². The van der Waals surface area contributed by atoms with Crippen molar-refractivity contribution in [2.24, 2.45) is 5.73 Å². The van der Waals surface area contributed by atoms with E-state index in [0.717, 1.165) is 25.0 Å². The highest BCUT2D eigenvalue weighted by molar-refractivity contribution is 4.80. The third kappa shape index (κ3) is 4.06. The smallest absolute Gasteiger partial charge is 0.00981 e. The highest BCUT2D eigenvalue weighted by Crippen LogP contribution is 2.26. The molecule has 0 aromatic heterocycles. The second kappa shape index (κ2) is 8.08. The Balaban J connectivity index is 2.52. The molecule has 0 unspecified atom stereocenters. The van der Waals surface area contributed by atoms with E-state index in [1.807, 2.05) is 0 Å². The van der Waals surface area contributed by atoms with Crippen LogP contribution in [-0.4, -0.2) is 30.1 Å². The first-order valence-electron chi connectivity index (χ1n) is 7.29. The van der Waals surface area contributed by atoms with Crippen LogP contribution < -0.4 is 5.73 Å². The zero-order chi connectivity index (χ0) is 11.8. The maximum Gasteiger partial charge on any atom is 0.00981 e. The van der Waals surface area contributed by atoms with Crippen LogP contribution in [0.15, 0.2) is 0 Å². The standard InChI is InChI=1S/C14H30N2/c1-3-13(4-2)16(12-8-11-15)14-9-6-5-7-10-14/h13-14H,3-12,15H2,1-2H3. The van der Waals surface area contributed by atoms with Crippen LogP contribution in [0.25, 0.3) is 0 Å². The minimum absolute atomic E-state index is 0.787. The molecule has 0 bridgehead atoms. The number of hydrogen-bond donors (Lipinski definition) is 1. The summed E-state index contributed by atoms with van der Waals surface area (Å²) >= 11 is 0. The summed E-state index contributed by atoms with van der Waals surface area (Å²) in [7, 11) is 0. The van der Waals surface area contributed by atoms with Gasteiger partial charge in [-0.2, -0.15) is 0 Å². The van der Waals surface area contributed by atoms with Crippen molar-refractivity contribution in [2.75, 3.05) is 13.1 Å². The molecule has 2 N–H and O–H groups in total. The Kier molecular flexibility index (Phi) is 7.06. The Bertz CT molecular complexity index is 160. The van der Waals surface area contributed by atoms with E-state index in [4.69, 9.17) is 5.73 Å². The summed E-state index contributed by atoms with van der Waals surface area (Å²) in [6, 6.07) is 1.64. The lowest BCUT2D eigenvalue weighted by atomic mass is 9.92. The minimum Gasteiger partial charge on any atom is -0.330 e. The third-order valence-electron chi connectivity index (χ3n) is 4.08. The summed E-state index contributed by atoms with van der Waals surface area (Å²) in [6.07, 6.45) is 10.9. The molecule has 0 amide bonds. The lowest BCUT2D eigenvalue weighted by molar-refractivity contribution is 0.0972. The zero-order valence-electron chi connectivity index (χ0n) is 11.3. The summed E-state index contributed by atoms with van der Waals surface area (Å²) in [5.41, 5.74) is 5.66. The molecule has 0 heterocycles. The highest BCUT2D eigenvalue weighted by atomic mass is 15.2. The Morgan fingerprint density at radius 2 is 1.75 bits per heavy atom. The van der Waals surface area contributed by atoms with Gasteiger partial charge in [-0.3, -0.25) is 4.90 Å². The second-order valence-corrected chi connectivity index (χ2v) is 5.14. The molecular weight excluding hydrogens is 196 g/mol. The maximum absolute atomic E-state index is 5.66. The summed E-state index contributed by atoms with van der Waals surface area (Å²) < 4.78 is 0. The summed E-state index contributed by atoms with van der Waals surface area (Å²) in [5, 5.41) is 0. The van der Waals surface area contributed by atoms with Crippen LogP contribution in [0.4, 0.5) is 0 Å². The molecule has 0 atom stereocenters. The fraction of sp³-hybridized carbons (Fsp3) is 1.00. The SMILES string of the molecule is CCC(CC)N(CCCN)C1CCCCC1. The molecule has 0 aromatic carbocycles. The average Bonchev–Trinajstić information content (AvgIpc) is 2.35. The molecule has 2 nitrogen and oxygen atoms in total. The van der Waals surface area contributed by atoms with Gasteiger partial charge in [-0.1, -0.05) is 33.1 Å². The van der Waals surface area contributed by atoms with Gasteiger partial charge in [0.25, 0.3) is 0 Å². The van der Waals surface area contributed by atoms with Crippen molar-refractivity contribution in [3.8, 4) is 0 Å². The molecule has 1 fully saturated rings. The topological polar surface area (TPSA) is 29.3 Å². The normalized spacial score (nSPS) is 18.6. The molecule has 0 spiro atoms. The van der Waals surface area contributed by atoms with Gasteiger partial charge in [0, 0.05) is 12.1 Å². The molecule has 16 heavy (non-hydrogen) atoms. The van der Waals surface area contributed by atoms with Gasteiger partial charge in [-0.15, -0.1) is 0 Å². The molecule has 2 heteroatoms. The summed E-state index contributed by atoms with van der Waals surface area (Å²) in [4.78, 5) is 2.77. The van der Waals surface area contributed by atoms with E-state index in [2.05, 4.69) is 18.7 Å². The number of nitrogens with two attached hydrogens (primary N) is 1. The lowest BCUT2D eigenvalue weighted by Gasteiger charge is -2.39. The Labute approximate surface area is 102 Å². The lowest BCUT2D eigenvalue weighted by Crippen LogP contribution is -2.44. The zero-order valence-corrected chi connectivity index (χ0v) is 11.3. The Morgan fingerprint density at radius 1 is 1.12 bits per heavy atom. The van der Waals surface area contributed by atoms with Crippen LogP contribution in [0.5, 0.6) is 0 Å². The second-order valence-electron chi connectivity index (χ2n) is 5.14. The van der Waals surface area contributed by atoms with Crippen LogP contribution in [-0.2, 0) is 0 Å². The van der Waals surface area contributed by atoms with Crippen molar-refractivity contribution < 1.29 is 0 Å². The van der Waals surface area contributed by atoms with E-state index in [1.165, 1.54) is 51.5 Å². The number of hydrogen-bond acceptors (Lipinski definition) is 2. The van der Waals surface area contributed by atoms with Crippen LogP contribution in [0.3, 0.4) is 0 Å². The predicted molar refractivity (Wildman–Crippen MR) is 71.6 cm³/mol. The monoisotopic (exact) mass is 226 g/mol. The maximum atomic E-state index is 5.66. The fourth-order valence-corrected chi connectivity index (χ4v) is 3.11. The summed E-state index contributed by atoms with van der Waals surface area (Å²) in [6.45, 7) is 6.70. The van der Waals surface area contributed by atoms with Crippen LogP contribution in [0.1, 0.15) is 65.2 Å². The van der Waals surface area contributed by atoms with Gasteiger partial charge < -0.3 is 5.73 Å². The molecule has 1 saturated carbocycles. The molecule has 0 saturated heterocycles. The van der Waals surface area contributed by atoms with Gasteiger partial charge in [0.2, 0.25) is 0 Å². The molecule has 96 valence electrons. The molecular formula is C14H30N2. The van der Waals surface area contributed by atoms with E-state index in [-0.39, 0.29) is 0 Å². The van der Waals surface area contributed by atoms with E-state index in [0.29, 0.717) is 0 Å². The quantitative estimate of drug-likeness (QED) is 0.722. The largest absolute Gasteiger partial charge is 0.330 e. The van der Waals surface area contributed by atoms with Crippen molar-refractivity contribution in [3.05, 3.63) is 0 Å². The van der Waals surface area contributed by atoms with Gasteiger partial charge in [0.05, 0.1) is 0 Å². The van der Waals surface area contributed by atoms with Crippen molar-refractivity contribution in [1.29, 1.82) is 0 Å². The predicted octanol–water partition coefficient (Wildman–Crippen LogP) is 3.16. The molecule has 0 aromatic rings. The first-order valence-corrected chi connectivity index (χ1v) is 7.29. The first kappa shape index (κ1) is 14.0. The van der Waals surface area contributed by atoms with Crippen molar-refractivity contribution in [2.45, 2.75) is 77.3 Å². The van der Waals surface area contributed by atoms with Crippen LogP contribution in [0.2, 0.25) is 0 Å². The Morgan fingerprint density at radius 3 is 2.25 bits per heavy atom. The van der Waals surface area contributed by atoms with Crippen molar-refractivity contribution >= 4 is 0 Å². The van der Waals surface area contributed by atoms with E-state index >= 15 is 0 Å². The highest BCUT2D eigenvalue weighted by Gasteiger charge is 2.25. The van der Waals surface area contributed by atoms with Gasteiger partial charge >= 0.3 is 0 Å². The van der Waals surface area contributed by atoms with E-state index in [1.54, 1.807) is 0 Å². The minimum atomic E-state index is 0.787. The van der Waals surface area contributed by atoms with E-state index < -0.39 is 0 Å². The van der Waals surface area contributed by atoms with Crippen molar-refractivity contribution in [1.82, 2.24) is 4.90 Å². The molecule has 1 aliphatic rings. The van der Waals surface area contributed by atoms with Gasteiger partial charge in [0.15, 0.2) is 0 Å². The fourth-order valence-electron chi connectivity index (χ4n) is 3.11. The summed E-state index contributed by atoms with van der Waals surface area (Å²) in [5.74, 6) is 0. The number of nitrogens with zero attached hydrogens (tertiary/aromatic N) is 1. The van der Waals surface area contributed by atoms with Crippen molar-refractivity contribution in [3.63, 3.8) is 0 Å². The molecule has 1 aliphatic carbocycles.